The number of anilines is 1. The second-order valence-electron chi connectivity index (χ2n) is 6.15. The van der Waals surface area contributed by atoms with Gasteiger partial charge in [0.2, 0.25) is 0 Å². The fourth-order valence-corrected chi connectivity index (χ4v) is 3.88. The number of benzene rings is 1. The molecule has 116 valence electrons. The molecule has 1 aromatic carbocycles. The zero-order chi connectivity index (χ0) is 15.0. The van der Waals surface area contributed by atoms with Crippen LogP contribution in [0.4, 0.5) is 18.9 Å². The molecule has 2 unspecified atom stereocenters. The zero-order valence-corrected chi connectivity index (χ0v) is 12.2. The van der Waals surface area contributed by atoms with Gasteiger partial charge in [0.1, 0.15) is 0 Å². The Bertz CT molecular complexity index is 487. The van der Waals surface area contributed by atoms with E-state index < -0.39 is 11.7 Å². The summed E-state index contributed by atoms with van der Waals surface area (Å²) in [7, 11) is 1.97. The summed E-state index contributed by atoms with van der Waals surface area (Å²) in [6.45, 7) is 0. The van der Waals surface area contributed by atoms with Crippen molar-refractivity contribution in [1.29, 1.82) is 0 Å². The van der Waals surface area contributed by atoms with Gasteiger partial charge >= 0.3 is 6.18 Å². The van der Waals surface area contributed by atoms with E-state index in [1.807, 2.05) is 13.1 Å². The molecule has 3 rings (SSSR count). The van der Waals surface area contributed by atoms with Gasteiger partial charge in [-0.15, -0.1) is 0 Å². The fourth-order valence-electron chi connectivity index (χ4n) is 3.88. The molecule has 0 aromatic heterocycles. The standard InChI is InChI=1S/C16H21F3N2/c1-20-12-9-14-6-3-7-15(10-12)21(14)13-5-2-4-11(8-13)16(17,18)19/h2,4-5,8,12,14-15,20H,3,6-7,9-10H2,1H3. The van der Waals surface area contributed by atoms with E-state index in [4.69, 9.17) is 0 Å². The van der Waals surface area contributed by atoms with E-state index in [0.717, 1.165) is 37.4 Å². The number of piperidine rings is 2. The summed E-state index contributed by atoms with van der Waals surface area (Å²) in [6.07, 6.45) is 1.10. The molecule has 2 fully saturated rings. The Balaban J connectivity index is 1.89. The molecule has 0 aliphatic carbocycles. The summed E-state index contributed by atoms with van der Waals surface area (Å²) in [6, 6.07) is 7.02. The van der Waals surface area contributed by atoms with E-state index in [2.05, 4.69) is 10.2 Å². The Morgan fingerprint density at radius 2 is 1.81 bits per heavy atom. The Hall–Kier alpha value is -1.23. The lowest BCUT2D eigenvalue weighted by Crippen LogP contribution is -2.56. The minimum atomic E-state index is -4.27. The summed E-state index contributed by atoms with van der Waals surface area (Å²) < 4.78 is 38.7. The van der Waals surface area contributed by atoms with Crippen LogP contribution in [0.3, 0.4) is 0 Å². The van der Waals surface area contributed by atoms with Crippen LogP contribution in [0.1, 0.15) is 37.7 Å². The summed E-state index contributed by atoms with van der Waals surface area (Å²) in [5, 5.41) is 3.33. The third-order valence-corrected chi connectivity index (χ3v) is 4.85. The van der Waals surface area contributed by atoms with Crippen LogP contribution in [0.5, 0.6) is 0 Å². The molecule has 2 heterocycles. The molecule has 0 spiro atoms. The van der Waals surface area contributed by atoms with Crippen molar-refractivity contribution in [3.05, 3.63) is 29.8 Å². The van der Waals surface area contributed by atoms with Crippen molar-refractivity contribution in [2.24, 2.45) is 0 Å². The first-order valence-electron chi connectivity index (χ1n) is 7.62. The van der Waals surface area contributed by atoms with Crippen molar-refractivity contribution in [2.45, 2.75) is 56.4 Å². The van der Waals surface area contributed by atoms with E-state index in [1.54, 1.807) is 0 Å². The van der Waals surface area contributed by atoms with Gasteiger partial charge in [0.15, 0.2) is 0 Å². The number of halogens is 3. The second kappa shape index (κ2) is 5.52. The highest BCUT2D eigenvalue weighted by Crippen LogP contribution is 2.39. The summed E-state index contributed by atoms with van der Waals surface area (Å²) in [5.41, 5.74) is 0.183. The van der Waals surface area contributed by atoms with E-state index in [1.165, 1.54) is 18.6 Å². The first kappa shape index (κ1) is 14.7. The number of alkyl halides is 3. The molecule has 2 nitrogen and oxygen atoms in total. The number of hydrogen-bond acceptors (Lipinski definition) is 2. The predicted molar refractivity (Wildman–Crippen MR) is 77.4 cm³/mol. The Morgan fingerprint density at radius 3 is 2.38 bits per heavy atom. The second-order valence-corrected chi connectivity index (χ2v) is 6.15. The summed E-state index contributed by atoms with van der Waals surface area (Å²) in [5.74, 6) is 0. The van der Waals surface area contributed by atoms with Crippen LogP contribution in [0, 0.1) is 0 Å². The minimum absolute atomic E-state index is 0.360. The van der Waals surface area contributed by atoms with Gasteiger partial charge in [-0.05, 0) is 57.4 Å². The van der Waals surface area contributed by atoms with Crippen molar-refractivity contribution < 1.29 is 13.2 Å². The Morgan fingerprint density at radius 1 is 1.14 bits per heavy atom. The maximum Gasteiger partial charge on any atom is 0.416 e. The van der Waals surface area contributed by atoms with Gasteiger partial charge in [-0.1, -0.05) is 6.07 Å². The molecule has 0 amide bonds. The highest BCUT2D eigenvalue weighted by atomic mass is 19.4. The van der Waals surface area contributed by atoms with Crippen molar-refractivity contribution in [1.82, 2.24) is 5.32 Å². The molecular weight excluding hydrogens is 277 g/mol. The van der Waals surface area contributed by atoms with E-state index in [9.17, 15) is 13.2 Å². The minimum Gasteiger partial charge on any atom is -0.365 e. The maximum atomic E-state index is 12.9. The lowest BCUT2D eigenvalue weighted by atomic mass is 9.81. The van der Waals surface area contributed by atoms with E-state index >= 15 is 0 Å². The lowest BCUT2D eigenvalue weighted by molar-refractivity contribution is -0.137. The topological polar surface area (TPSA) is 15.3 Å². The number of nitrogens with zero attached hydrogens (tertiary/aromatic N) is 1. The van der Waals surface area contributed by atoms with Gasteiger partial charge in [0.05, 0.1) is 5.56 Å². The molecule has 2 aliphatic heterocycles. The Kier molecular flexibility index (Phi) is 3.86. The van der Waals surface area contributed by atoms with Crippen LogP contribution >= 0.6 is 0 Å². The van der Waals surface area contributed by atoms with Gasteiger partial charge in [-0.25, -0.2) is 0 Å². The average Bonchev–Trinajstić information content (AvgIpc) is 2.45. The molecule has 21 heavy (non-hydrogen) atoms. The van der Waals surface area contributed by atoms with E-state index in [0.29, 0.717) is 18.1 Å². The predicted octanol–water partition coefficient (Wildman–Crippen LogP) is 3.81. The first-order chi connectivity index (χ1) is 9.99. The monoisotopic (exact) mass is 298 g/mol. The molecule has 1 aromatic rings. The summed E-state index contributed by atoms with van der Waals surface area (Å²) >= 11 is 0. The maximum absolute atomic E-state index is 12.9. The Labute approximate surface area is 123 Å². The SMILES string of the molecule is CNC1CC2CCCC(C1)N2c1cccc(C(F)(F)F)c1. The molecule has 2 aliphatic rings. The van der Waals surface area contributed by atoms with Crippen LogP contribution < -0.4 is 10.2 Å². The van der Waals surface area contributed by atoms with Crippen molar-refractivity contribution in [2.75, 3.05) is 11.9 Å². The smallest absolute Gasteiger partial charge is 0.365 e. The van der Waals surface area contributed by atoms with Crippen LogP contribution in [-0.4, -0.2) is 25.2 Å². The zero-order valence-electron chi connectivity index (χ0n) is 12.2. The van der Waals surface area contributed by atoms with Crippen LogP contribution in [0.25, 0.3) is 0 Å². The van der Waals surface area contributed by atoms with Crippen molar-refractivity contribution in [3.8, 4) is 0 Å². The highest BCUT2D eigenvalue weighted by molar-refractivity contribution is 5.52. The third-order valence-electron chi connectivity index (χ3n) is 4.85. The molecule has 1 N–H and O–H groups in total. The van der Waals surface area contributed by atoms with Gasteiger partial charge < -0.3 is 10.2 Å². The first-order valence-corrected chi connectivity index (χ1v) is 7.62. The van der Waals surface area contributed by atoms with Gasteiger partial charge in [-0.3, -0.25) is 0 Å². The number of rotatable bonds is 2. The molecule has 2 atom stereocenters. The quantitative estimate of drug-likeness (QED) is 0.893. The molecule has 5 heteroatoms. The number of nitrogens with one attached hydrogen (secondary N) is 1. The number of hydrogen-bond donors (Lipinski definition) is 1. The van der Waals surface area contributed by atoms with Crippen LogP contribution in [0.15, 0.2) is 24.3 Å². The molecule has 0 saturated carbocycles. The molecule has 2 saturated heterocycles. The van der Waals surface area contributed by atoms with Crippen molar-refractivity contribution >= 4 is 5.69 Å². The van der Waals surface area contributed by atoms with Gasteiger partial charge in [0, 0.05) is 23.8 Å². The third kappa shape index (κ3) is 2.89. The molecular formula is C16H21F3N2. The van der Waals surface area contributed by atoms with Crippen LogP contribution in [0.2, 0.25) is 0 Å². The molecule has 2 bridgehead atoms. The summed E-state index contributed by atoms with van der Waals surface area (Å²) in [4.78, 5) is 2.24. The molecule has 0 radical (unpaired) electrons. The highest BCUT2D eigenvalue weighted by Gasteiger charge is 2.39. The normalized spacial score (nSPS) is 29.5. The van der Waals surface area contributed by atoms with Crippen molar-refractivity contribution in [3.63, 3.8) is 0 Å². The van der Waals surface area contributed by atoms with Gasteiger partial charge in [0.25, 0.3) is 0 Å². The fraction of sp³-hybridized carbons (Fsp3) is 0.625. The van der Waals surface area contributed by atoms with E-state index in [-0.39, 0.29) is 0 Å². The van der Waals surface area contributed by atoms with Gasteiger partial charge in [-0.2, -0.15) is 13.2 Å². The average molecular weight is 298 g/mol. The largest absolute Gasteiger partial charge is 0.416 e. The number of fused-ring (bicyclic) bond motifs is 2. The van der Waals surface area contributed by atoms with Crippen LogP contribution in [-0.2, 0) is 6.18 Å². The lowest BCUT2D eigenvalue weighted by Gasteiger charge is -2.50.